The van der Waals surface area contributed by atoms with E-state index in [0.717, 1.165) is 23.7 Å². The van der Waals surface area contributed by atoms with Gasteiger partial charge in [-0.15, -0.1) is 0 Å². The fourth-order valence-corrected chi connectivity index (χ4v) is 5.87. The largest absolute Gasteiger partial charge is 0.327 e. The molecule has 4 bridgehead atoms. The van der Waals surface area contributed by atoms with Gasteiger partial charge in [0.25, 0.3) is 0 Å². The van der Waals surface area contributed by atoms with Gasteiger partial charge in [0, 0.05) is 6.04 Å². The number of rotatable bonds is 0. The molecule has 4 saturated carbocycles. The molecule has 14 heavy (non-hydrogen) atoms. The number of hydrogen-bond acceptors (Lipinski definition) is 1. The van der Waals surface area contributed by atoms with Crippen LogP contribution < -0.4 is 5.73 Å². The first kappa shape index (κ1) is 8.15. The van der Waals surface area contributed by atoms with Crippen molar-refractivity contribution in [3.05, 3.63) is 0 Å². The van der Waals surface area contributed by atoms with E-state index in [9.17, 15) is 0 Å². The fourth-order valence-electron chi connectivity index (χ4n) is 5.87. The SMILES string of the molecule is N[C@@H]1[C@@H]2CCC(C2)C12C[C@@H]1CC[C@H]2C1. The third kappa shape index (κ3) is 0.711. The van der Waals surface area contributed by atoms with Gasteiger partial charge in [0.2, 0.25) is 0 Å². The molecule has 6 atom stereocenters. The second kappa shape index (κ2) is 2.37. The summed E-state index contributed by atoms with van der Waals surface area (Å²) in [4.78, 5) is 0. The first-order valence-corrected chi connectivity index (χ1v) is 6.56. The van der Waals surface area contributed by atoms with Crippen molar-refractivity contribution in [1.29, 1.82) is 0 Å². The molecule has 0 heterocycles. The summed E-state index contributed by atoms with van der Waals surface area (Å²) in [6.07, 6.45) is 10.5. The molecule has 0 saturated heterocycles. The lowest BCUT2D eigenvalue weighted by molar-refractivity contribution is 0.0574. The average molecular weight is 191 g/mol. The van der Waals surface area contributed by atoms with Gasteiger partial charge < -0.3 is 5.73 Å². The molecule has 4 aliphatic carbocycles. The van der Waals surface area contributed by atoms with Crippen LogP contribution in [-0.4, -0.2) is 6.04 Å². The molecule has 1 spiro atoms. The molecule has 2 N–H and O–H groups in total. The Hall–Kier alpha value is -0.0400. The minimum Gasteiger partial charge on any atom is -0.327 e. The molecule has 0 aliphatic heterocycles. The monoisotopic (exact) mass is 191 g/mol. The minimum atomic E-state index is 0.594. The second-order valence-corrected chi connectivity index (χ2v) is 6.49. The normalized spacial score (nSPS) is 64.5. The first-order chi connectivity index (χ1) is 6.80. The Morgan fingerprint density at radius 1 is 0.929 bits per heavy atom. The molecule has 0 amide bonds. The van der Waals surface area contributed by atoms with Crippen molar-refractivity contribution in [3.8, 4) is 0 Å². The summed E-state index contributed by atoms with van der Waals surface area (Å²) in [5.74, 6) is 4.07. The van der Waals surface area contributed by atoms with Gasteiger partial charge in [0.1, 0.15) is 0 Å². The van der Waals surface area contributed by atoms with Gasteiger partial charge in [-0.25, -0.2) is 0 Å². The van der Waals surface area contributed by atoms with Crippen LogP contribution in [0.25, 0.3) is 0 Å². The Kier molecular flexibility index (Phi) is 1.38. The fraction of sp³-hybridized carbons (Fsp3) is 1.00. The van der Waals surface area contributed by atoms with Crippen molar-refractivity contribution in [1.82, 2.24) is 0 Å². The summed E-state index contributed by atoms with van der Waals surface area (Å²) in [6.45, 7) is 0. The van der Waals surface area contributed by atoms with E-state index in [4.69, 9.17) is 5.73 Å². The van der Waals surface area contributed by atoms with Crippen LogP contribution in [0, 0.1) is 29.1 Å². The number of hydrogen-bond donors (Lipinski definition) is 1. The maximum atomic E-state index is 6.55. The van der Waals surface area contributed by atoms with Crippen molar-refractivity contribution in [2.24, 2.45) is 34.8 Å². The lowest BCUT2D eigenvalue weighted by atomic mass is 9.61. The van der Waals surface area contributed by atoms with E-state index < -0.39 is 0 Å². The third-order valence-corrected chi connectivity index (χ3v) is 6.31. The van der Waals surface area contributed by atoms with E-state index in [1.54, 1.807) is 0 Å². The molecule has 0 aromatic rings. The van der Waals surface area contributed by atoms with E-state index in [0.29, 0.717) is 11.5 Å². The second-order valence-electron chi connectivity index (χ2n) is 6.49. The number of fused-ring (bicyclic) bond motifs is 6. The maximum Gasteiger partial charge on any atom is 0.0129 e. The van der Waals surface area contributed by atoms with Crippen molar-refractivity contribution in [2.45, 2.75) is 51.0 Å². The topological polar surface area (TPSA) is 26.0 Å². The van der Waals surface area contributed by atoms with Crippen LogP contribution in [-0.2, 0) is 0 Å². The zero-order valence-electron chi connectivity index (χ0n) is 8.91. The Balaban J connectivity index is 1.76. The summed E-state index contributed by atoms with van der Waals surface area (Å²) < 4.78 is 0. The highest BCUT2D eigenvalue weighted by Crippen LogP contribution is 2.69. The zero-order chi connectivity index (χ0) is 9.34. The van der Waals surface area contributed by atoms with Crippen LogP contribution in [0.2, 0.25) is 0 Å². The van der Waals surface area contributed by atoms with Crippen LogP contribution in [0.4, 0.5) is 0 Å². The number of nitrogens with two attached hydrogens (primary N) is 1. The van der Waals surface area contributed by atoms with E-state index in [-0.39, 0.29) is 0 Å². The highest BCUT2D eigenvalue weighted by Gasteiger charge is 2.64. The summed E-state index contributed by atoms with van der Waals surface area (Å²) >= 11 is 0. The highest BCUT2D eigenvalue weighted by atomic mass is 14.8. The van der Waals surface area contributed by atoms with E-state index in [2.05, 4.69) is 0 Å². The summed E-state index contributed by atoms with van der Waals surface area (Å²) in [5.41, 5.74) is 7.21. The van der Waals surface area contributed by atoms with E-state index >= 15 is 0 Å². The lowest BCUT2D eigenvalue weighted by Gasteiger charge is -2.46. The van der Waals surface area contributed by atoms with Gasteiger partial charge in [-0.05, 0) is 67.6 Å². The lowest BCUT2D eigenvalue weighted by Crippen LogP contribution is -2.49. The van der Waals surface area contributed by atoms with Gasteiger partial charge in [-0.2, -0.15) is 0 Å². The molecule has 1 nitrogen and oxygen atoms in total. The maximum absolute atomic E-state index is 6.55. The third-order valence-electron chi connectivity index (χ3n) is 6.31. The van der Waals surface area contributed by atoms with Gasteiger partial charge in [-0.1, -0.05) is 6.42 Å². The molecule has 0 radical (unpaired) electrons. The highest BCUT2D eigenvalue weighted by molar-refractivity contribution is 5.16. The molecule has 2 unspecified atom stereocenters. The van der Waals surface area contributed by atoms with Crippen LogP contribution in [0.3, 0.4) is 0 Å². The summed E-state index contributed by atoms with van der Waals surface area (Å²) in [5, 5.41) is 0. The Labute approximate surface area is 86.4 Å². The van der Waals surface area contributed by atoms with E-state index in [1.807, 2.05) is 0 Å². The standard InChI is InChI=1S/C13H21N/c14-12-9-2-4-11(6-9)13(12)7-8-1-3-10(13)5-8/h8-12H,1-7,14H2/t8-,9-,10+,11?,12-,13?/m1/s1. The smallest absolute Gasteiger partial charge is 0.0129 e. The van der Waals surface area contributed by atoms with Crippen LogP contribution in [0.5, 0.6) is 0 Å². The average Bonchev–Trinajstić information content (AvgIpc) is 2.91. The molecular formula is C13H21N. The van der Waals surface area contributed by atoms with Crippen LogP contribution in [0.15, 0.2) is 0 Å². The zero-order valence-corrected chi connectivity index (χ0v) is 8.91. The molecule has 4 fully saturated rings. The molecule has 1 heteroatoms. The van der Waals surface area contributed by atoms with Crippen LogP contribution >= 0.6 is 0 Å². The first-order valence-electron chi connectivity index (χ1n) is 6.56. The Bertz CT molecular complexity index is 263. The summed E-state index contributed by atoms with van der Waals surface area (Å²) in [6, 6.07) is 0.594. The van der Waals surface area contributed by atoms with Crippen molar-refractivity contribution in [2.75, 3.05) is 0 Å². The Morgan fingerprint density at radius 2 is 1.71 bits per heavy atom. The molecule has 0 aromatic heterocycles. The minimum absolute atomic E-state index is 0.594. The molecule has 78 valence electrons. The molecule has 0 aromatic carbocycles. The molecule has 4 aliphatic rings. The van der Waals surface area contributed by atoms with E-state index in [1.165, 1.54) is 44.9 Å². The predicted octanol–water partition coefficient (Wildman–Crippen LogP) is 2.55. The van der Waals surface area contributed by atoms with Gasteiger partial charge in [-0.3, -0.25) is 0 Å². The predicted molar refractivity (Wildman–Crippen MR) is 56.7 cm³/mol. The quantitative estimate of drug-likeness (QED) is 0.625. The van der Waals surface area contributed by atoms with Crippen molar-refractivity contribution >= 4 is 0 Å². The molecule has 4 rings (SSSR count). The van der Waals surface area contributed by atoms with Gasteiger partial charge in [0.15, 0.2) is 0 Å². The van der Waals surface area contributed by atoms with Crippen LogP contribution in [0.1, 0.15) is 44.9 Å². The van der Waals surface area contributed by atoms with Gasteiger partial charge in [0.05, 0.1) is 0 Å². The Morgan fingerprint density at radius 3 is 2.29 bits per heavy atom. The van der Waals surface area contributed by atoms with Crippen molar-refractivity contribution in [3.63, 3.8) is 0 Å². The van der Waals surface area contributed by atoms with Gasteiger partial charge >= 0.3 is 0 Å². The summed E-state index contributed by atoms with van der Waals surface area (Å²) in [7, 11) is 0. The van der Waals surface area contributed by atoms with Crippen molar-refractivity contribution < 1.29 is 0 Å². The molecular weight excluding hydrogens is 170 g/mol.